The van der Waals surface area contributed by atoms with Crippen molar-refractivity contribution in [1.29, 1.82) is 0 Å². The van der Waals surface area contributed by atoms with Crippen LogP contribution in [0.3, 0.4) is 0 Å². The van der Waals surface area contributed by atoms with Crippen LogP contribution in [-0.2, 0) is 0 Å². The molecule has 0 bridgehead atoms. The summed E-state index contributed by atoms with van der Waals surface area (Å²) in [6.07, 6.45) is 28.2. The molecule has 0 heterocycles. The quantitative estimate of drug-likeness (QED) is 0.0885. The molecule has 0 radical (unpaired) electrons. The summed E-state index contributed by atoms with van der Waals surface area (Å²) in [5.74, 6) is 0.267. The van der Waals surface area contributed by atoms with Gasteiger partial charge in [0.2, 0.25) is 0 Å². The fourth-order valence-electron chi connectivity index (χ4n) is 4.30. The van der Waals surface area contributed by atoms with E-state index in [-0.39, 0.29) is 5.75 Å². The second-order valence-corrected chi connectivity index (χ2v) is 10.1. The van der Waals surface area contributed by atoms with Crippen LogP contribution in [0, 0.1) is 0 Å². The van der Waals surface area contributed by atoms with Crippen LogP contribution in [0.2, 0.25) is 0 Å². The molecule has 33 heavy (non-hydrogen) atoms. The summed E-state index contributed by atoms with van der Waals surface area (Å²) in [6, 6.07) is 6.95. The van der Waals surface area contributed by atoms with Gasteiger partial charge in [0.25, 0.3) is 0 Å². The maximum Gasteiger partial charge on any atom is 0.170 e. The summed E-state index contributed by atoms with van der Waals surface area (Å²) >= 11 is 5.31. The van der Waals surface area contributed by atoms with Crippen LogP contribution < -0.4 is 10.6 Å². The number of phenols is 1. The standard InChI is InChI=1S/C29H52N2OS/c1-2-3-4-5-6-7-8-9-10-11-12-13-14-15-16-17-18-19-20-21-26-30-29(33)31-27-22-24-28(32)25-23-27/h22-25,32H,2-21,26H2,1H3,(H2,30,31,33). The molecule has 0 unspecified atom stereocenters. The lowest BCUT2D eigenvalue weighted by Gasteiger charge is -2.10. The first kappa shape index (κ1) is 29.7. The molecule has 0 aliphatic rings. The topological polar surface area (TPSA) is 44.3 Å². The van der Waals surface area contributed by atoms with Gasteiger partial charge in [-0.3, -0.25) is 0 Å². The predicted molar refractivity (Wildman–Crippen MR) is 150 cm³/mol. The van der Waals surface area contributed by atoms with Gasteiger partial charge in [0, 0.05) is 12.2 Å². The number of hydrogen-bond acceptors (Lipinski definition) is 2. The molecular formula is C29H52N2OS. The van der Waals surface area contributed by atoms with Crippen LogP contribution in [0.5, 0.6) is 5.75 Å². The Hall–Kier alpha value is -1.29. The molecule has 3 N–H and O–H groups in total. The highest BCUT2D eigenvalue weighted by atomic mass is 32.1. The minimum absolute atomic E-state index is 0.267. The maximum absolute atomic E-state index is 9.30. The highest BCUT2D eigenvalue weighted by Gasteiger charge is 1.98. The van der Waals surface area contributed by atoms with Crippen molar-refractivity contribution in [1.82, 2.24) is 5.32 Å². The molecule has 0 amide bonds. The van der Waals surface area contributed by atoms with Gasteiger partial charge in [-0.05, 0) is 42.9 Å². The van der Waals surface area contributed by atoms with E-state index in [1.807, 2.05) is 12.1 Å². The minimum atomic E-state index is 0.267. The Kier molecular flexibility index (Phi) is 20.3. The third-order valence-electron chi connectivity index (χ3n) is 6.44. The zero-order valence-electron chi connectivity index (χ0n) is 21.5. The van der Waals surface area contributed by atoms with E-state index < -0.39 is 0 Å². The summed E-state index contributed by atoms with van der Waals surface area (Å²) < 4.78 is 0. The van der Waals surface area contributed by atoms with Crippen molar-refractivity contribution in [2.45, 2.75) is 135 Å². The van der Waals surface area contributed by atoms with E-state index in [1.54, 1.807) is 12.1 Å². The molecule has 1 aromatic rings. The van der Waals surface area contributed by atoms with Crippen LogP contribution in [0.15, 0.2) is 24.3 Å². The Labute approximate surface area is 210 Å². The third kappa shape index (κ3) is 19.9. The number of anilines is 1. The SMILES string of the molecule is CCCCCCCCCCCCCCCCCCCCCCNC(=S)Nc1ccc(O)cc1. The van der Waals surface area contributed by atoms with Gasteiger partial charge in [0.1, 0.15) is 5.75 Å². The first-order valence-electron chi connectivity index (χ1n) is 14.1. The van der Waals surface area contributed by atoms with Gasteiger partial charge in [-0.15, -0.1) is 0 Å². The highest BCUT2D eigenvalue weighted by Crippen LogP contribution is 2.15. The molecular weight excluding hydrogens is 424 g/mol. The molecule has 0 fully saturated rings. The van der Waals surface area contributed by atoms with E-state index in [1.165, 1.54) is 122 Å². The normalized spacial score (nSPS) is 10.9. The van der Waals surface area contributed by atoms with Crippen LogP contribution in [0.1, 0.15) is 135 Å². The molecule has 0 aliphatic heterocycles. The molecule has 0 atom stereocenters. The van der Waals surface area contributed by atoms with Gasteiger partial charge in [-0.1, -0.05) is 129 Å². The summed E-state index contributed by atoms with van der Waals surface area (Å²) in [5.41, 5.74) is 0.897. The summed E-state index contributed by atoms with van der Waals surface area (Å²) in [5, 5.41) is 16.4. The highest BCUT2D eigenvalue weighted by molar-refractivity contribution is 7.80. The molecule has 1 aromatic carbocycles. The van der Waals surface area contributed by atoms with Crippen LogP contribution in [-0.4, -0.2) is 16.8 Å². The first-order valence-corrected chi connectivity index (χ1v) is 14.5. The van der Waals surface area contributed by atoms with E-state index in [4.69, 9.17) is 12.2 Å². The number of thiocarbonyl (C=S) groups is 1. The van der Waals surface area contributed by atoms with Gasteiger partial charge in [-0.2, -0.15) is 0 Å². The third-order valence-corrected chi connectivity index (χ3v) is 6.69. The number of unbranched alkanes of at least 4 members (excludes halogenated alkanes) is 19. The summed E-state index contributed by atoms with van der Waals surface area (Å²) in [6.45, 7) is 3.21. The molecule has 0 spiro atoms. The largest absolute Gasteiger partial charge is 0.508 e. The number of benzene rings is 1. The molecule has 0 saturated carbocycles. The Morgan fingerprint density at radius 1 is 0.606 bits per heavy atom. The number of aromatic hydroxyl groups is 1. The Balaban J connectivity index is 1.73. The average molecular weight is 477 g/mol. The molecule has 3 nitrogen and oxygen atoms in total. The summed E-state index contributed by atoms with van der Waals surface area (Å²) in [4.78, 5) is 0. The number of hydrogen-bond donors (Lipinski definition) is 3. The molecule has 1 rings (SSSR count). The van der Waals surface area contributed by atoms with Crippen molar-refractivity contribution in [3.05, 3.63) is 24.3 Å². The maximum atomic E-state index is 9.30. The van der Waals surface area contributed by atoms with Gasteiger partial charge < -0.3 is 15.7 Å². The predicted octanol–water partition coefficient (Wildman–Crippen LogP) is 9.50. The number of nitrogens with one attached hydrogen (secondary N) is 2. The average Bonchev–Trinajstić information content (AvgIpc) is 2.81. The van der Waals surface area contributed by atoms with E-state index in [0.29, 0.717) is 5.11 Å². The summed E-state index contributed by atoms with van der Waals surface area (Å²) in [7, 11) is 0. The lowest BCUT2D eigenvalue weighted by atomic mass is 10.0. The van der Waals surface area contributed by atoms with Gasteiger partial charge in [0.05, 0.1) is 0 Å². The first-order chi connectivity index (χ1) is 16.2. The molecule has 0 aromatic heterocycles. The zero-order valence-corrected chi connectivity index (χ0v) is 22.3. The zero-order chi connectivity index (χ0) is 23.8. The van der Waals surface area contributed by atoms with Gasteiger partial charge >= 0.3 is 0 Å². The van der Waals surface area contributed by atoms with Crippen molar-refractivity contribution in [3.63, 3.8) is 0 Å². The van der Waals surface area contributed by atoms with E-state index in [0.717, 1.165) is 18.7 Å². The van der Waals surface area contributed by atoms with Crippen molar-refractivity contribution >= 4 is 23.0 Å². The molecule has 190 valence electrons. The Morgan fingerprint density at radius 3 is 1.36 bits per heavy atom. The minimum Gasteiger partial charge on any atom is -0.508 e. The number of phenolic OH excluding ortho intramolecular Hbond substituents is 1. The van der Waals surface area contributed by atoms with E-state index in [9.17, 15) is 5.11 Å². The lowest BCUT2D eigenvalue weighted by Crippen LogP contribution is -2.29. The smallest absolute Gasteiger partial charge is 0.170 e. The second kappa shape index (κ2) is 22.5. The van der Waals surface area contributed by atoms with Gasteiger partial charge in [0.15, 0.2) is 5.11 Å². The Morgan fingerprint density at radius 2 is 0.970 bits per heavy atom. The monoisotopic (exact) mass is 476 g/mol. The van der Waals surface area contributed by atoms with E-state index in [2.05, 4.69) is 17.6 Å². The fraction of sp³-hybridized carbons (Fsp3) is 0.759. The van der Waals surface area contributed by atoms with Crippen molar-refractivity contribution in [3.8, 4) is 5.75 Å². The van der Waals surface area contributed by atoms with Crippen LogP contribution >= 0.6 is 12.2 Å². The number of rotatable bonds is 22. The fourth-order valence-corrected chi connectivity index (χ4v) is 4.52. The lowest BCUT2D eigenvalue weighted by molar-refractivity contribution is 0.475. The molecule has 0 aliphatic carbocycles. The molecule has 4 heteroatoms. The van der Waals surface area contributed by atoms with Crippen LogP contribution in [0.25, 0.3) is 0 Å². The van der Waals surface area contributed by atoms with Crippen LogP contribution in [0.4, 0.5) is 5.69 Å². The van der Waals surface area contributed by atoms with Crippen molar-refractivity contribution in [2.24, 2.45) is 0 Å². The molecule has 0 saturated heterocycles. The van der Waals surface area contributed by atoms with Gasteiger partial charge in [-0.25, -0.2) is 0 Å². The van der Waals surface area contributed by atoms with Crippen molar-refractivity contribution in [2.75, 3.05) is 11.9 Å². The van der Waals surface area contributed by atoms with Crippen molar-refractivity contribution < 1.29 is 5.11 Å². The Bertz CT molecular complexity index is 561. The van der Waals surface area contributed by atoms with E-state index >= 15 is 0 Å². The second-order valence-electron chi connectivity index (χ2n) is 9.65.